The molecule has 1 atom stereocenters. The van der Waals surface area contributed by atoms with Crippen LogP contribution in [0.4, 0.5) is 0 Å². The number of methoxy groups -OCH3 is 1. The summed E-state index contributed by atoms with van der Waals surface area (Å²) in [6.45, 7) is 9.33. The molecule has 1 aromatic rings. The third-order valence-electron chi connectivity index (χ3n) is 6.17. The second kappa shape index (κ2) is 12.9. The van der Waals surface area contributed by atoms with Crippen molar-refractivity contribution in [3.05, 3.63) is 29.8 Å². The van der Waals surface area contributed by atoms with Gasteiger partial charge in [-0.15, -0.1) is 0 Å². The van der Waals surface area contributed by atoms with E-state index >= 15 is 0 Å². The Morgan fingerprint density at radius 3 is 2.61 bits per heavy atom. The van der Waals surface area contributed by atoms with Gasteiger partial charge in [0, 0.05) is 50.8 Å². The first kappa shape index (κ1) is 23.8. The molecule has 2 heterocycles. The van der Waals surface area contributed by atoms with Crippen LogP contribution < -0.4 is 15.4 Å². The first-order valence-corrected chi connectivity index (χ1v) is 11.7. The highest BCUT2D eigenvalue weighted by Crippen LogP contribution is 2.36. The van der Waals surface area contributed by atoms with Crippen LogP contribution in [0.3, 0.4) is 0 Å². The van der Waals surface area contributed by atoms with Crippen LogP contribution in [0.15, 0.2) is 29.3 Å². The maximum Gasteiger partial charge on any atom is 0.191 e. The maximum absolute atomic E-state index is 5.80. The summed E-state index contributed by atoms with van der Waals surface area (Å²) >= 11 is 0. The molecule has 2 aliphatic rings. The number of nitrogens with zero attached hydrogens (tertiary/aromatic N) is 1. The molecule has 0 saturated carbocycles. The zero-order valence-corrected chi connectivity index (χ0v) is 19.2. The van der Waals surface area contributed by atoms with Gasteiger partial charge in [-0.2, -0.15) is 0 Å². The lowest BCUT2D eigenvalue weighted by Gasteiger charge is -2.36. The SMILES string of the molecule is CCNC(=NCC1(c2ccc(OC)cc2)CCOCC1)NCCCOCC1CCOC1. The van der Waals surface area contributed by atoms with Crippen LogP contribution in [-0.4, -0.2) is 72.3 Å². The highest BCUT2D eigenvalue weighted by Gasteiger charge is 2.34. The van der Waals surface area contributed by atoms with E-state index in [1.54, 1.807) is 7.11 Å². The molecule has 0 bridgehead atoms. The second-order valence-electron chi connectivity index (χ2n) is 8.40. The highest BCUT2D eigenvalue weighted by atomic mass is 16.5. The molecule has 2 saturated heterocycles. The Hall–Kier alpha value is -1.83. The van der Waals surface area contributed by atoms with Crippen molar-refractivity contribution in [1.82, 2.24) is 10.6 Å². The normalized spacial score (nSPS) is 21.1. The van der Waals surface area contributed by atoms with Gasteiger partial charge >= 0.3 is 0 Å². The molecule has 0 aromatic heterocycles. The summed E-state index contributed by atoms with van der Waals surface area (Å²) in [5, 5.41) is 6.83. The van der Waals surface area contributed by atoms with Gasteiger partial charge in [0.15, 0.2) is 5.96 Å². The van der Waals surface area contributed by atoms with Crippen LogP contribution in [0.5, 0.6) is 5.75 Å². The van der Waals surface area contributed by atoms with Gasteiger partial charge < -0.3 is 29.6 Å². The van der Waals surface area contributed by atoms with Gasteiger partial charge in [0.25, 0.3) is 0 Å². The van der Waals surface area contributed by atoms with E-state index in [9.17, 15) is 0 Å². The monoisotopic (exact) mass is 433 g/mol. The fourth-order valence-corrected chi connectivity index (χ4v) is 4.16. The summed E-state index contributed by atoms with van der Waals surface area (Å²) in [5.74, 6) is 2.32. The Morgan fingerprint density at radius 1 is 1.13 bits per heavy atom. The van der Waals surface area contributed by atoms with Crippen molar-refractivity contribution in [2.24, 2.45) is 10.9 Å². The van der Waals surface area contributed by atoms with E-state index in [0.29, 0.717) is 5.92 Å². The van der Waals surface area contributed by atoms with Crippen LogP contribution in [-0.2, 0) is 19.6 Å². The molecular weight excluding hydrogens is 394 g/mol. The van der Waals surface area contributed by atoms with E-state index in [2.05, 4.69) is 29.7 Å². The fourth-order valence-electron chi connectivity index (χ4n) is 4.16. The maximum atomic E-state index is 5.80. The smallest absolute Gasteiger partial charge is 0.191 e. The van der Waals surface area contributed by atoms with Crippen LogP contribution in [0.2, 0.25) is 0 Å². The molecular formula is C24H39N3O4. The largest absolute Gasteiger partial charge is 0.497 e. The zero-order chi connectivity index (χ0) is 21.8. The van der Waals surface area contributed by atoms with Gasteiger partial charge in [0.1, 0.15) is 5.75 Å². The number of hydrogen-bond acceptors (Lipinski definition) is 5. The van der Waals surface area contributed by atoms with Gasteiger partial charge in [0.2, 0.25) is 0 Å². The first-order valence-electron chi connectivity index (χ1n) is 11.7. The second-order valence-corrected chi connectivity index (χ2v) is 8.40. The van der Waals surface area contributed by atoms with Crippen molar-refractivity contribution in [3.63, 3.8) is 0 Å². The molecule has 7 nitrogen and oxygen atoms in total. The predicted octanol–water partition coefficient (Wildman–Crippen LogP) is 2.74. The molecule has 1 unspecified atom stereocenters. The van der Waals surface area contributed by atoms with Crippen molar-refractivity contribution >= 4 is 5.96 Å². The number of hydrogen-bond donors (Lipinski definition) is 2. The highest BCUT2D eigenvalue weighted by molar-refractivity contribution is 5.79. The minimum absolute atomic E-state index is 0.000658. The molecule has 2 N–H and O–H groups in total. The Morgan fingerprint density at radius 2 is 1.94 bits per heavy atom. The third-order valence-corrected chi connectivity index (χ3v) is 6.17. The van der Waals surface area contributed by atoms with E-state index in [-0.39, 0.29) is 5.41 Å². The van der Waals surface area contributed by atoms with E-state index in [1.807, 2.05) is 12.1 Å². The lowest BCUT2D eigenvalue weighted by Crippen LogP contribution is -2.41. The van der Waals surface area contributed by atoms with Crippen LogP contribution >= 0.6 is 0 Å². The molecule has 0 radical (unpaired) electrons. The number of ether oxygens (including phenoxy) is 4. The number of rotatable bonds is 11. The van der Waals surface area contributed by atoms with Gasteiger partial charge in [-0.05, 0) is 50.3 Å². The Bertz CT molecular complexity index is 653. The zero-order valence-electron chi connectivity index (χ0n) is 19.2. The van der Waals surface area contributed by atoms with Crippen LogP contribution in [0.25, 0.3) is 0 Å². The minimum Gasteiger partial charge on any atom is -0.497 e. The quantitative estimate of drug-likeness (QED) is 0.318. The molecule has 31 heavy (non-hydrogen) atoms. The topological polar surface area (TPSA) is 73.3 Å². The average Bonchev–Trinajstić information content (AvgIpc) is 3.34. The molecule has 3 rings (SSSR count). The van der Waals surface area contributed by atoms with E-state index in [1.165, 1.54) is 5.56 Å². The summed E-state index contributed by atoms with van der Waals surface area (Å²) in [4.78, 5) is 4.96. The molecule has 0 aliphatic carbocycles. The standard InChI is InChI=1S/C24H39N3O4/c1-3-25-23(26-12-4-13-30-17-20-9-14-31-18-20)27-19-24(10-15-29-16-11-24)21-5-7-22(28-2)8-6-21/h5-8,20H,3-4,9-19H2,1-2H3,(H2,25,26,27). The Balaban J connectivity index is 1.51. The summed E-state index contributed by atoms with van der Waals surface area (Å²) < 4.78 is 22.2. The van der Waals surface area contributed by atoms with Crippen LogP contribution in [0.1, 0.15) is 38.2 Å². The summed E-state index contributed by atoms with van der Waals surface area (Å²) in [5.41, 5.74) is 1.31. The molecule has 2 fully saturated rings. The average molecular weight is 434 g/mol. The molecule has 174 valence electrons. The molecule has 0 amide bonds. The third kappa shape index (κ3) is 7.37. The van der Waals surface area contributed by atoms with Gasteiger partial charge in [-0.1, -0.05) is 12.1 Å². The van der Waals surface area contributed by atoms with E-state index in [0.717, 1.165) is 96.7 Å². The number of guanidine groups is 1. The Labute approximate surface area is 186 Å². The lowest BCUT2D eigenvalue weighted by molar-refractivity contribution is 0.0531. The minimum atomic E-state index is -0.000658. The summed E-state index contributed by atoms with van der Waals surface area (Å²) in [6, 6.07) is 8.42. The fraction of sp³-hybridized carbons (Fsp3) is 0.708. The van der Waals surface area contributed by atoms with Crippen molar-refractivity contribution in [2.75, 3.05) is 66.4 Å². The predicted molar refractivity (Wildman–Crippen MR) is 123 cm³/mol. The van der Waals surface area contributed by atoms with E-state index in [4.69, 9.17) is 23.9 Å². The molecule has 2 aliphatic heterocycles. The van der Waals surface area contributed by atoms with Crippen molar-refractivity contribution in [3.8, 4) is 5.75 Å². The van der Waals surface area contributed by atoms with Gasteiger partial charge in [0.05, 0.1) is 26.9 Å². The van der Waals surface area contributed by atoms with E-state index < -0.39 is 0 Å². The summed E-state index contributed by atoms with van der Waals surface area (Å²) in [7, 11) is 1.70. The molecule has 7 heteroatoms. The van der Waals surface area contributed by atoms with Gasteiger partial charge in [-0.25, -0.2) is 0 Å². The lowest BCUT2D eigenvalue weighted by atomic mass is 9.74. The van der Waals surface area contributed by atoms with Crippen molar-refractivity contribution in [2.45, 2.75) is 38.0 Å². The summed E-state index contributed by atoms with van der Waals surface area (Å²) in [6.07, 6.45) is 4.02. The number of aliphatic imine (C=N–C) groups is 1. The first-order chi connectivity index (χ1) is 15.3. The van der Waals surface area contributed by atoms with Gasteiger partial charge in [-0.3, -0.25) is 4.99 Å². The Kier molecular flexibility index (Phi) is 9.90. The van der Waals surface area contributed by atoms with Crippen molar-refractivity contribution < 1.29 is 18.9 Å². The number of nitrogens with one attached hydrogen (secondary N) is 2. The van der Waals surface area contributed by atoms with Crippen molar-refractivity contribution in [1.29, 1.82) is 0 Å². The molecule has 1 aromatic carbocycles. The number of benzene rings is 1. The van der Waals surface area contributed by atoms with Crippen LogP contribution in [0, 0.1) is 5.92 Å². The molecule has 0 spiro atoms.